The molecule has 6 nitrogen and oxygen atoms in total. The molecule has 1 aromatic carbocycles. The van der Waals surface area contributed by atoms with Crippen molar-refractivity contribution in [3.8, 4) is 0 Å². The van der Waals surface area contributed by atoms with E-state index < -0.39 is 11.7 Å². The van der Waals surface area contributed by atoms with Gasteiger partial charge in [-0.15, -0.1) is 0 Å². The van der Waals surface area contributed by atoms with Crippen LogP contribution in [0.4, 0.5) is 0 Å². The van der Waals surface area contributed by atoms with Gasteiger partial charge >= 0.3 is 5.91 Å². The van der Waals surface area contributed by atoms with Gasteiger partial charge in [0.2, 0.25) is 5.78 Å². The molecular formula is C16H22N2O4. The molecule has 1 rings (SSSR count). The number of rotatable bonds is 5. The van der Waals surface area contributed by atoms with Gasteiger partial charge in [-0.25, -0.2) is 5.06 Å². The van der Waals surface area contributed by atoms with Crippen molar-refractivity contribution in [1.82, 2.24) is 10.4 Å². The maximum absolute atomic E-state index is 12.3. The largest absolute Gasteiger partial charge is 0.347 e. The van der Waals surface area contributed by atoms with Crippen molar-refractivity contribution in [2.75, 3.05) is 14.2 Å². The zero-order valence-electron chi connectivity index (χ0n) is 13.6. The Morgan fingerprint density at radius 3 is 2.32 bits per heavy atom. The minimum atomic E-state index is -0.756. The molecule has 0 heterocycles. The highest BCUT2D eigenvalue weighted by Gasteiger charge is 2.23. The molecule has 0 bridgehead atoms. The number of carbonyl (C=O) groups is 3. The number of Topliss-reactive ketones (excluding diaryl/α,β-unsaturated/α-hetero) is 1. The van der Waals surface area contributed by atoms with Crippen LogP contribution in [-0.2, 0) is 20.8 Å². The average Bonchev–Trinajstić information content (AvgIpc) is 2.44. The molecule has 0 unspecified atom stereocenters. The molecule has 120 valence electrons. The number of carbonyl (C=O) groups excluding carboxylic acids is 3. The summed E-state index contributed by atoms with van der Waals surface area (Å²) in [6.45, 7) is 5.61. The van der Waals surface area contributed by atoms with Crippen molar-refractivity contribution in [3.63, 3.8) is 0 Å². The van der Waals surface area contributed by atoms with Crippen LogP contribution in [0.1, 0.15) is 36.7 Å². The van der Waals surface area contributed by atoms with Crippen LogP contribution >= 0.6 is 0 Å². The Morgan fingerprint density at radius 2 is 1.77 bits per heavy atom. The van der Waals surface area contributed by atoms with E-state index in [0.717, 1.165) is 5.06 Å². The lowest BCUT2D eigenvalue weighted by atomic mass is 10.00. The molecule has 0 spiro atoms. The van der Waals surface area contributed by atoms with E-state index in [9.17, 15) is 14.4 Å². The summed E-state index contributed by atoms with van der Waals surface area (Å²) in [5, 5.41) is 3.70. The van der Waals surface area contributed by atoms with Crippen molar-refractivity contribution in [3.05, 3.63) is 35.4 Å². The van der Waals surface area contributed by atoms with Gasteiger partial charge < -0.3 is 5.32 Å². The summed E-state index contributed by atoms with van der Waals surface area (Å²) in [4.78, 5) is 40.7. The van der Waals surface area contributed by atoms with Gasteiger partial charge in [0, 0.05) is 24.6 Å². The minimum Gasteiger partial charge on any atom is -0.347 e. The van der Waals surface area contributed by atoms with E-state index in [2.05, 4.69) is 5.32 Å². The van der Waals surface area contributed by atoms with E-state index in [1.165, 1.54) is 14.2 Å². The summed E-state index contributed by atoms with van der Waals surface area (Å²) in [6.07, 6.45) is -0.153. The Bertz CT molecular complexity index is 576. The van der Waals surface area contributed by atoms with Crippen molar-refractivity contribution in [2.24, 2.45) is 0 Å². The van der Waals surface area contributed by atoms with Gasteiger partial charge in [-0.2, -0.15) is 0 Å². The van der Waals surface area contributed by atoms with E-state index in [-0.39, 0.29) is 17.9 Å². The Hall–Kier alpha value is -2.21. The molecule has 1 aromatic rings. The third-order valence-corrected chi connectivity index (χ3v) is 2.90. The fourth-order valence-electron chi connectivity index (χ4n) is 1.81. The summed E-state index contributed by atoms with van der Waals surface area (Å²) in [5.74, 6) is -1.67. The number of hydrogen-bond acceptors (Lipinski definition) is 4. The number of amides is 2. The molecule has 0 saturated carbocycles. The van der Waals surface area contributed by atoms with E-state index in [0.29, 0.717) is 11.1 Å². The first-order valence-corrected chi connectivity index (χ1v) is 6.91. The van der Waals surface area contributed by atoms with Gasteiger partial charge in [0.05, 0.1) is 7.11 Å². The van der Waals surface area contributed by atoms with Crippen LogP contribution in [0.25, 0.3) is 0 Å². The fraction of sp³-hybridized carbons (Fsp3) is 0.438. The molecule has 22 heavy (non-hydrogen) atoms. The Balaban J connectivity index is 2.95. The number of nitrogens with zero attached hydrogens (tertiary/aromatic N) is 1. The molecule has 6 heteroatoms. The smallest absolute Gasteiger partial charge is 0.313 e. The highest BCUT2D eigenvalue weighted by Crippen LogP contribution is 2.12. The summed E-state index contributed by atoms with van der Waals surface area (Å²) >= 11 is 0. The summed E-state index contributed by atoms with van der Waals surface area (Å²) in [6, 6.07) is 6.74. The number of ketones is 1. The normalized spacial score (nSPS) is 11.0. The van der Waals surface area contributed by atoms with Crippen molar-refractivity contribution in [2.45, 2.75) is 32.7 Å². The van der Waals surface area contributed by atoms with Crippen LogP contribution in [0.5, 0.6) is 0 Å². The maximum atomic E-state index is 12.3. The average molecular weight is 306 g/mol. The Morgan fingerprint density at radius 1 is 1.18 bits per heavy atom. The highest BCUT2D eigenvalue weighted by atomic mass is 16.7. The first-order valence-electron chi connectivity index (χ1n) is 6.91. The molecule has 1 N–H and O–H groups in total. The zero-order valence-corrected chi connectivity index (χ0v) is 13.6. The number of hydroxylamine groups is 2. The second-order valence-electron chi connectivity index (χ2n) is 5.95. The van der Waals surface area contributed by atoms with Crippen molar-refractivity contribution in [1.29, 1.82) is 0 Å². The second-order valence-corrected chi connectivity index (χ2v) is 5.95. The Labute approximate surface area is 130 Å². The van der Waals surface area contributed by atoms with Crippen molar-refractivity contribution >= 4 is 17.6 Å². The Kier molecular flexibility index (Phi) is 5.82. The molecule has 0 aliphatic rings. The molecule has 0 aliphatic heterocycles. The lowest BCUT2D eigenvalue weighted by molar-refractivity contribution is -0.172. The van der Waals surface area contributed by atoms with Gasteiger partial charge in [-0.1, -0.05) is 18.2 Å². The monoisotopic (exact) mass is 306 g/mol. The second kappa shape index (κ2) is 7.17. The predicted molar refractivity (Wildman–Crippen MR) is 82.2 cm³/mol. The van der Waals surface area contributed by atoms with Crippen LogP contribution in [0.15, 0.2) is 24.3 Å². The molecule has 0 atom stereocenters. The predicted octanol–water partition coefficient (Wildman–Crippen LogP) is 1.35. The number of likely N-dealkylation sites (N-methyl/N-ethyl adjacent to an activating group) is 1. The number of benzene rings is 1. The number of nitrogens with one attached hydrogen (secondary N) is 1. The molecular weight excluding hydrogens is 284 g/mol. The van der Waals surface area contributed by atoms with Gasteiger partial charge in [0.1, 0.15) is 0 Å². The minimum absolute atomic E-state index is 0.153. The standard InChI is InChI=1S/C16H22N2O4/c1-16(2,3)17-14(20)12-9-7-6-8-11(12)10-13(19)15(21)18(4)22-5/h6-9H,10H2,1-5H3,(H,17,20). The van der Waals surface area contributed by atoms with Gasteiger partial charge in [0.25, 0.3) is 5.91 Å². The first-order chi connectivity index (χ1) is 10.2. The molecule has 0 fully saturated rings. The van der Waals surface area contributed by atoms with Crippen LogP contribution in [0, 0.1) is 0 Å². The lowest BCUT2D eigenvalue weighted by Crippen LogP contribution is -2.41. The summed E-state index contributed by atoms with van der Waals surface area (Å²) in [5.41, 5.74) is 0.506. The maximum Gasteiger partial charge on any atom is 0.313 e. The third kappa shape index (κ3) is 4.96. The quantitative estimate of drug-likeness (QED) is 0.658. The van der Waals surface area contributed by atoms with Crippen LogP contribution < -0.4 is 5.32 Å². The molecule has 0 aliphatic carbocycles. The summed E-state index contributed by atoms with van der Waals surface area (Å²) < 4.78 is 0. The zero-order chi connectivity index (χ0) is 16.9. The van der Waals surface area contributed by atoms with Crippen molar-refractivity contribution < 1.29 is 19.2 Å². The van der Waals surface area contributed by atoms with Crippen LogP contribution in [0.3, 0.4) is 0 Å². The van der Waals surface area contributed by atoms with Gasteiger partial charge in [-0.05, 0) is 32.4 Å². The molecule has 0 radical (unpaired) electrons. The SMILES string of the molecule is CON(C)C(=O)C(=O)Cc1ccccc1C(=O)NC(C)(C)C. The lowest BCUT2D eigenvalue weighted by Gasteiger charge is -2.21. The van der Waals surface area contributed by atoms with E-state index in [4.69, 9.17) is 4.84 Å². The highest BCUT2D eigenvalue weighted by molar-refractivity contribution is 6.36. The molecule has 0 aromatic heterocycles. The first kappa shape index (κ1) is 17.8. The van der Waals surface area contributed by atoms with E-state index in [1.807, 2.05) is 20.8 Å². The summed E-state index contributed by atoms with van der Waals surface area (Å²) in [7, 11) is 2.66. The van der Waals surface area contributed by atoms with Gasteiger partial charge in [-0.3, -0.25) is 19.2 Å². The third-order valence-electron chi connectivity index (χ3n) is 2.90. The van der Waals surface area contributed by atoms with E-state index in [1.54, 1.807) is 24.3 Å². The van der Waals surface area contributed by atoms with Gasteiger partial charge in [0.15, 0.2) is 0 Å². The van der Waals surface area contributed by atoms with Crippen LogP contribution in [-0.4, -0.2) is 42.4 Å². The molecule has 2 amide bonds. The van der Waals surface area contributed by atoms with Crippen LogP contribution in [0.2, 0.25) is 0 Å². The topological polar surface area (TPSA) is 75.7 Å². The fourth-order valence-corrected chi connectivity index (χ4v) is 1.81. The van der Waals surface area contributed by atoms with E-state index >= 15 is 0 Å². The molecule has 0 saturated heterocycles. The number of hydrogen-bond donors (Lipinski definition) is 1.